The maximum Gasteiger partial charge on any atom is 0.0991 e. The zero-order valence-corrected chi connectivity index (χ0v) is 17.7. The van der Waals surface area contributed by atoms with E-state index in [9.17, 15) is 5.26 Å². The molecule has 2 aromatic heterocycles. The topological polar surface area (TPSA) is 44.9 Å². The van der Waals surface area contributed by atoms with Crippen LogP contribution in [0.15, 0.2) is 73.2 Å². The molecule has 4 aromatic rings. The van der Waals surface area contributed by atoms with E-state index in [4.69, 9.17) is 0 Å². The van der Waals surface area contributed by atoms with Crippen molar-refractivity contribution in [2.24, 2.45) is 0 Å². The standard InChI is InChI=1S/C27H26N4/c28-17-21-9-10-27-25(15-21)26(20-31(27)14-13-30-11-5-2-6-12-30)24-16-23(18-29-19-24)22-7-3-1-4-8-22/h1,3-4,7-10,15-16,18-20H,2,5-6,11-14H2. The van der Waals surface area contributed by atoms with Crippen LogP contribution >= 0.6 is 0 Å². The average Bonchev–Trinajstić information content (AvgIpc) is 3.22. The highest BCUT2D eigenvalue weighted by Gasteiger charge is 2.15. The van der Waals surface area contributed by atoms with Crippen molar-refractivity contribution in [1.29, 1.82) is 5.26 Å². The number of hydrogen-bond donors (Lipinski definition) is 0. The van der Waals surface area contributed by atoms with Gasteiger partial charge in [-0.25, -0.2) is 0 Å². The van der Waals surface area contributed by atoms with Gasteiger partial charge in [0.25, 0.3) is 0 Å². The van der Waals surface area contributed by atoms with Gasteiger partial charge in [-0.3, -0.25) is 4.98 Å². The summed E-state index contributed by atoms with van der Waals surface area (Å²) in [6.45, 7) is 4.42. The molecule has 1 aliphatic heterocycles. The van der Waals surface area contributed by atoms with Crippen molar-refractivity contribution in [3.8, 4) is 28.3 Å². The van der Waals surface area contributed by atoms with Gasteiger partial charge in [-0.2, -0.15) is 5.26 Å². The summed E-state index contributed by atoms with van der Waals surface area (Å²) in [5.41, 5.74) is 6.34. The van der Waals surface area contributed by atoms with Crippen molar-refractivity contribution < 1.29 is 0 Å². The Balaban J connectivity index is 1.54. The molecule has 0 spiro atoms. The van der Waals surface area contributed by atoms with E-state index in [0.717, 1.165) is 40.7 Å². The van der Waals surface area contributed by atoms with Crippen LogP contribution in [0.2, 0.25) is 0 Å². The van der Waals surface area contributed by atoms with Gasteiger partial charge in [0, 0.05) is 59.3 Å². The minimum Gasteiger partial charge on any atom is -0.346 e. The highest BCUT2D eigenvalue weighted by atomic mass is 15.1. The fourth-order valence-corrected chi connectivity index (χ4v) is 4.59. The first-order valence-electron chi connectivity index (χ1n) is 11.1. The Morgan fingerprint density at radius 2 is 1.65 bits per heavy atom. The third kappa shape index (κ3) is 4.10. The molecule has 0 amide bonds. The van der Waals surface area contributed by atoms with Crippen LogP contribution in [-0.2, 0) is 6.54 Å². The second-order valence-corrected chi connectivity index (χ2v) is 8.31. The van der Waals surface area contributed by atoms with E-state index in [-0.39, 0.29) is 0 Å². The van der Waals surface area contributed by atoms with Gasteiger partial charge >= 0.3 is 0 Å². The molecule has 0 unspecified atom stereocenters. The molecule has 1 fully saturated rings. The lowest BCUT2D eigenvalue weighted by atomic mass is 10.0. The van der Waals surface area contributed by atoms with Gasteiger partial charge in [-0.15, -0.1) is 0 Å². The first-order valence-corrected chi connectivity index (χ1v) is 11.1. The first kappa shape index (κ1) is 19.5. The molecule has 0 aliphatic carbocycles. The summed E-state index contributed by atoms with van der Waals surface area (Å²) in [6, 6.07) is 20.9. The summed E-state index contributed by atoms with van der Waals surface area (Å²) in [7, 11) is 0. The predicted octanol–water partition coefficient (Wildman–Crippen LogP) is 5.73. The minimum atomic E-state index is 0.690. The number of nitriles is 1. The molecule has 0 bridgehead atoms. The summed E-state index contributed by atoms with van der Waals surface area (Å²) < 4.78 is 2.34. The number of likely N-dealkylation sites (tertiary alicyclic amines) is 1. The fourth-order valence-electron chi connectivity index (χ4n) is 4.59. The van der Waals surface area contributed by atoms with Crippen LogP contribution in [0.1, 0.15) is 24.8 Å². The lowest BCUT2D eigenvalue weighted by molar-refractivity contribution is 0.222. The molecular weight excluding hydrogens is 380 g/mol. The minimum absolute atomic E-state index is 0.690. The molecule has 3 heterocycles. The largest absolute Gasteiger partial charge is 0.346 e. The molecule has 0 N–H and O–H groups in total. The van der Waals surface area contributed by atoms with Crippen molar-refractivity contribution in [3.63, 3.8) is 0 Å². The van der Waals surface area contributed by atoms with Gasteiger partial charge in [0.1, 0.15) is 0 Å². The quantitative estimate of drug-likeness (QED) is 0.425. The maximum absolute atomic E-state index is 9.46. The molecule has 2 aromatic carbocycles. The molecule has 0 saturated carbocycles. The summed E-state index contributed by atoms with van der Waals surface area (Å²) in [5.74, 6) is 0. The molecule has 1 aliphatic rings. The number of piperidine rings is 1. The van der Waals surface area contributed by atoms with E-state index in [1.807, 2.05) is 42.7 Å². The Kier molecular flexibility index (Phi) is 5.52. The van der Waals surface area contributed by atoms with E-state index < -0.39 is 0 Å². The van der Waals surface area contributed by atoms with Gasteiger partial charge in [-0.1, -0.05) is 36.8 Å². The van der Waals surface area contributed by atoms with Gasteiger partial charge < -0.3 is 9.47 Å². The number of hydrogen-bond acceptors (Lipinski definition) is 3. The van der Waals surface area contributed by atoms with Crippen LogP contribution in [0.3, 0.4) is 0 Å². The van der Waals surface area contributed by atoms with E-state index in [0.29, 0.717) is 5.56 Å². The average molecular weight is 407 g/mol. The summed E-state index contributed by atoms with van der Waals surface area (Å²) in [5, 5.41) is 10.6. The van der Waals surface area contributed by atoms with E-state index >= 15 is 0 Å². The van der Waals surface area contributed by atoms with E-state index in [1.165, 1.54) is 37.9 Å². The van der Waals surface area contributed by atoms with Crippen LogP contribution in [0.25, 0.3) is 33.2 Å². The number of pyridine rings is 1. The van der Waals surface area contributed by atoms with Crippen LogP contribution in [0.4, 0.5) is 0 Å². The Hall–Kier alpha value is -3.42. The third-order valence-electron chi connectivity index (χ3n) is 6.27. The predicted molar refractivity (Wildman–Crippen MR) is 126 cm³/mol. The monoisotopic (exact) mass is 406 g/mol. The normalized spacial score (nSPS) is 14.5. The molecule has 4 nitrogen and oxygen atoms in total. The second-order valence-electron chi connectivity index (χ2n) is 8.31. The van der Waals surface area contributed by atoms with Crippen molar-refractivity contribution in [2.75, 3.05) is 19.6 Å². The van der Waals surface area contributed by atoms with E-state index in [1.54, 1.807) is 0 Å². The van der Waals surface area contributed by atoms with Gasteiger partial charge in [0.05, 0.1) is 11.6 Å². The number of nitrogens with zero attached hydrogens (tertiary/aromatic N) is 4. The molecule has 0 radical (unpaired) electrons. The van der Waals surface area contributed by atoms with E-state index in [2.05, 4.69) is 51.0 Å². The smallest absolute Gasteiger partial charge is 0.0991 e. The molecule has 154 valence electrons. The molecule has 1 saturated heterocycles. The van der Waals surface area contributed by atoms with Gasteiger partial charge in [0.15, 0.2) is 0 Å². The SMILES string of the molecule is N#Cc1ccc2c(c1)c(-c1cncc(-c3ccccc3)c1)cn2CCN1CCCCC1. The zero-order chi connectivity index (χ0) is 21.0. The number of benzene rings is 2. The van der Waals surface area contributed by atoms with Crippen LogP contribution < -0.4 is 0 Å². The molecule has 31 heavy (non-hydrogen) atoms. The Bertz CT molecular complexity index is 1230. The highest BCUT2D eigenvalue weighted by molar-refractivity contribution is 5.97. The molecular formula is C27H26N4. The molecule has 4 heteroatoms. The van der Waals surface area contributed by atoms with Crippen molar-refractivity contribution in [3.05, 3.63) is 78.8 Å². The van der Waals surface area contributed by atoms with Crippen LogP contribution in [-0.4, -0.2) is 34.1 Å². The summed E-state index contributed by atoms with van der Waals surface area (Å²) in [6.07, 6.45) is 10.0. The van der Waals surface area contributed by atoms with Crippen molar-refractivity contribution >= 4 is 10.9 Å². The first-order chi connectivity index (χ1) is 15.3. The second kappa shape index (κ2) is 8.75. The summed E-state index contributed by atoms with van der Waals surface area (Å²) in [4.78, 5) is 7.10. The fraction of sp³-hybridized carbons (Fsp3) is 0.259. The third-order valence-corrected chi connectivity index (χ3v) is 6.27. The van der Waals surface area contributed by atoms with Crippen molar-refractivity contribution in [2.45, 2.75) is 25.8 Å². The maximum atomic E-state index is 9.46. The highest BCUT2D eigenvalue weighted by Crippen LogP contribution is 2.33. The number of fused-ring (bicyclic) bond motifs is 1. The Labute approximate surface area is 183 Å². The Morgan fingerprint density at radius 1 is 0.839 bits per heavy atom. The molecule has 5 rings (SSSR count). The van der Waals surface area contributed by atoms with Gasteiger partial charge in [-0.05, 0) is 55.8 Å². The molecule has 0 atom stereocenters. The number of rotatable bonds is 5. The zero-order valence-electron chi connectivity index (χ0n) is 17.7. The summed E-state index contributed by atoms with van der Waals surface area (Å²) >= 11 is 0. The Morgan fingerprint density at radius 3 is 2.45 bits per heavy atom. The van der Waals surface area contributed by atoms with Crippen molar-refractivity contribution in [1.82, 2.24) is 14.5 Å². The lowest BCUT2D eigenvalue weighted by Gasteiger charge is -2.26. The van der Waals surface area contributed by atoms with Crippen LogP contribution in [0.5, 0.6) is 0 Å². The lowest BCUT2D eigenvalue weighted by Crippen LogP contribution is -2.32. The van der Waals surface area contributed by atoms with Gasteiger partial charge in [0.2, 0.25) is 0 Å². The number of aromatic nitrogens is 2. The van der Waals surface area contributed by atoms with Crippen LogP contribution in [0, 0.1) is 11.3 Å².